The molecule has 2 rings (SSSR count). The zero-order valence-electron chi connectivity index (χ0n) is 20.5. The number of allylic oxidation sites excluding steroid dienone is 2. The van der Waals surface area contributed by atoms with Crippen LogP contribution in [0.5, 0.6) is 0 Å². The molecule has 0 radical (unpaired) electrons. The van der Waals surface area contributed by atoms with E-state index >= 15 is 0 Å². The molecular weight excluding hydrogens is 380 g/mol. The van der Waals surface area contributed by atoms with Gasteiger partial charge in [0.1, 0.15) is 0 Å². The lowest BCUT2D eigenvalue weighted by Crippen LogP contribution is -2.65. The Hall–Kier alpha value is -1.64. The molecule has 0 amide bonds. The highest BCUT2D eigenvalue weighted by Gasteiger charge is 2.46. The SMILES string of the molecule is C/C=C/[C@H](CCCCCC)[Si](O)(c1c(C)cc(C)cc1C)c1c(C)cc(C)cc1C. The van der Waals surface area contributed by atoms with Crippen LogP contribution in [0.3, 0.4) is 0 Å². The molecular formula is C28H42OSi. The number of unbranched alkanes of at least 4 members (excludes halogenated alkanes) is 3. The Kier molecular flexibility index (Phi) is 8.69. The quantitative estimate of drug-likeness (QED) is 0.277. The highest BCUT2D eigenvalue weighted by atomic mass is 28.4. The van der Waals surface area contributed by atoms with E-state index in [0.29, 0.717) is 0 Å². The highest BCUT2D eigenvalue weighted by molar-refractivity contribution is 6.99. The monoisotopic (exact) mass is 422 g/mol. The predicted molar refractivity (Wildman–Crippen MR) is 136 cm³/mol. The molecule has 2 aromatic carbocycles. The largest absolute Gasteiger partial charge is 0.423 e. The van der Waals surface area contributed by atoms with E-state index in [-0.39, 0.29) is 5.54 Å². The van der Waals surface area contributed by atoms with Gasteiger partial charge in [-0.15, -0.1) is 0 Å². The third-order valence-corrected chi connectivity index (χ3v) is 11.1. The molecule has 0 aliphatic heterocycles. The minimum Gasteiger partial charge on any atom is -0.423 e. The summed E-state index contributed by atoms with van der Waals surface area (Å²) in [5.74, 6) is 0. The molecule has 0 spiro atoms. The van der Waals surface area contributed by atoms with Crippen molar-refractivity contribution in [3.8, 4) is 0 Å². The molecule has 1 nitrogen and oxygen atoms in total. The molecule has 0 aromatic heterocycles. The molecule has 1 N–H and O–H groups in total. The minimum absolute atomic E-state index is 0.180. The van der Waals surface area contributed by atoms with Crippen molar-refractivity contribution in [2.45, 2.75) is 93.0 Å². The van der Waals surface area contributed by atoms with Gasteiger partial charge in [0.2, 0.25) is 0 Å². The van der Waals surface area contributed by atoms with Crippen LogP contribution in [0.15, 0.2) is 36.4 Å². The third-order valence-electron chi connectivity index (χ3n) is 6.45. The lowest BCUT2D eigenvalue weighted by atomic mass is 10.1. The first-order valence-electron chi connectivity index (χ1n) is 11.7. The summed E-state index contributed by atoms with van der Waals surface area (Å²) in [4.78, 5) is 12.9. The molecule has 0 saturated carbocycles. The van der Waals surface area contributed by atoms with Crippen molar-refractivity contribution in [2.75, 3.05) is 0 Å². The van der Waals surface area contributed by atoms with Crippen LogP contribution in [0.2, 0.25) is 5.54 Å². The molecule has 2 aromatic rings. The zero-order chi connectivity index (χ0) is 22.5. The minimum atomic E-state index is -3.02. The molecule has 0 bridgehead atoms. The van der Waals surface area contributed by atoms with E-state index in [9.17, 15) is 4.80 Å². The van der Waals surface area contributed by atoms with Crippen molar-refractivity contribution in [2.24, 2.45) is 0 Å². The summed E-state index contributed by atoms with van der Waals surface area (Å²) in [7, 11) is -3.02. The van der Waals surface area contributed by atoms with Crippen molar-refractivity contribution in [3.63, 3.8) is 0 Å². The topological polar surface area (TPSA) is 20.2 Å². The smallest absolute Gasteiger partial charge is 0.260 e. The first-order valence-corrected chi connectivity index (χ1v) is 13.7. The normalized spacial score (nSPS) is 13.2. The van der Waals surface area contributed by atoms with Crippen molar-refractivity contribution >= 4 is 18.7 Å². The Labute approximate surface area is 186 Å². The van der Waals surface area contributed by atoms with Gasteiger partial charge in [0.15, 0.2) is 0 Å². The summed E-state index contributed by atoms with van der Waals surface area (Å²) >= 11 is 0. The molecule has 1 atom stereocenters. The van der Waals surface area contributed by atoms with Crippen molar-refractivity contribution in [1.82, 2.24) is 0 Å². The molecule has 30 heavy (non-hydrogen) atoms. The molecule has 0 heterocycles. The Bertz CT molecular complexity index is 790. The van der Waals surface area contributed by atoms with Crippen LogP contribution < -0.4 is 10.4 Å². The zero-order valence-corrected chi connectivity index (χ0v) is 21.5. The molecule has 0 saturated heterocycles. The van der Waals surface area contributed by atoms with Crippen LogP contribution in [-0.2, 0) is 0 Å². The molecule has 164 valence electrons. The summed E-state index contributed by atoms with van der Waals surface area (Å²) in [6.45, 7) is 17.4. The number of hydrogen-bond acceptors (Lipinski definition) is 1. The molecule has 0 aliphatic carbocycles. The van der Waals surface area contributed by atoms with Crippen LogP contribution in [-0.4, -0.2) is 13.1 Å². The summed E-state index contributed by atoms with van der Waals surface area (Å²) < 4.78 is 0. The average Bonchev–Trinajstić information content (AvgIpc) is 2.62. The second-order valence-corrected chi connectivity index (χ2v) is 12.6. The molecule has 0 fully saturated rings. The van der Waals surface area contributed by atoms with Gasteiger partial charge in [-0.1, -0.05) is 80.2 Å². The fraction of sp³-hybridized carbons (Fsp3) is 0.500. The Morgan fingerprint density at radius 1 is 0.767 bits per heavy atom. The van der Waals surface area contributed by atoms with Gasteiger partial charge < -0.3 is 4.80 Å². The van der Waals surface area contributed by atoms with Crippen LogP contribution in [0.25, 0.3) is 0 Å². The van der Waals surface area contributed by atoms with Crippen molar-refractivity contribution in [3.05, 3.63) is 69.8 Å². The van der Waals surface area contributed by atoms with Gasteiger partial charge in [0.05, 0.1) is 0 Å². The fourth-order valence-corrected chi connectivity index (χ4v) is 10.3. The number of benzene rings is 2. The first kappa shape index (κ1) is 24.6. The summed E-state index contributed by atoms with van der Waals surface area (Å²) in [6.07, 6.45) is 10.4. The second kappa shape index (κ2) is 10.6. The van der Waals surface area contributed by atoms with E-state index in [1.54, 1.807) is 0 Å². The molecule has 0 aliphatic rings. The third kappa shape index (κ3) is 5.15. The van der Waals surface area contributed by atoms with Crippen LogP contribution in [0, 0.1) is 41.5 Å². The van der Waals surface area contributed by atoms with E-state index < -0.39 is 8.32 Å². The number of rotatable bonds is 9. The second-order valence-electron chi connectivity index (χ2n) is 9.30. The van der Waals surface area contributed by atoms with E-state index in [4.69, 9.17) is 0 Å². The number of hydrogen-bond donors (Lipinski definition) is 1. The van der Waals surface area contributed by atoms with Crippen LogP contribution in [0.4, 0.5) is 0 Å². The first-order chi connectivity index (χ1) is 14.2. The molecule has 2 heteroatoms. The summed E-state index contributed by atoms with van der Waals surface area (Å²) in [6, 6.07) is 9.01. The maximum Gasteiger partial charge on any atom is 0.260 e. The van der Waals surface area contributed by atoms with E-state index in [0.717, 1.165) is 6.42 Å². The average molecular weight is 423 g/mol. The van der Waals surface area contributed by atoms with E-state index in [2.05, 4.69) is 91.8 Å². The fourth-order valence-electron chi connectivity index (χ4n) is 5.53. The van der Waals surface area contributed by atoms with Gasteiger partial charge in [0.25, 0.3) is 8.32 Å². The summed E-state index contributed by atoms with van der Waals surface area (Å²) in [5, 5.41) is 2.45. The van der Waals surface area contributed by atoms with Gasteiger partial charge in [-0.2, -0.15) is 0 Å². The highest BCUT2D eigenvalue weighted by Crippen LogP contribution is 2.31. The van der Waals surface area contributed by atoms with Crippen molar-refractivity contribution in [1.29, 1.82) is 0 Å². The maximum atomic E-state index is 12.9. The van der Waals surface area contributed by atoms with Crippen molar-refractivity contribution < 1.29 is 4.80 Å². The van der Waals surface area contributed by atoms with Gasteiger partial charge >= 0.3 is 0 Å². The van der Waals surface area contributed by atoms with Gasteiger partial charge in [-0.05, 0) is 87.5 Å². The Morgan fingerprint density at radius 3 is 1.57 bits per heavy atom. The number of aryl methyl sites for hydroxylation is 6. The lowest BCUT2D eigenvalue weighted by Gasteiger charge is -2.38. The van der Waals surface area contributed by atoms with Crippen LogP contribution >= 0.6 is 0 Å². The maximum absolute atomic E-state index is 12.9. The van der Waals surface area contributed by atoms with E-state index in [1.165, 1.54) is 69.4 Å². The van der Waals surface area contributed by atoms with Gasteiger partial charge in [-0.25, -0.2) is 0 Å². The molecule has 0 unspecified atom stereocenters. The Balaban J connectivity index is 2.78. The Morgan fingerprint density at radius 2 is 1.20 bits per heavy atom. The van der Waals surface area contributed by atoms with Crippen LogP contribution in [0.1, 0.15) is 79.3 Å². The van der Waals surface area contributed by atoms with E-state index in [1.807, 2.05) is 0 Å². The lowest BCUT2D eigenvalue weighted by molar-refractivity contribution is 0.531. The summed E-state index contributed by atoms with van der Waals surface area (Å²) in [5.41, 5.74) is 7.68. The standard InChI is InChI=1S/C28H42OSi/c1-9-11-12-13-15-26(14-10-2)30(29,27-22(5)16-20(3)17-23(27)6)28-24(7)18-21(4)19-25(28)8/h10,14,16-19,26,29H,9,11-13,15H2,1-8H3/b14-10+/t26-/m1/s1. The van der Waals surface area contributed by atoms with Gasteiger partial charge in [0, 0.05) is 5.54 Å². The predicted octanol–water partition coefficient (Wildman–Crippen LogP) is 6.51. The van der Waals surface area contributed by atoms with Gasteiger partial charge in [-0.3, -0.25) is 0 Å².